The summed E-state index contributed by atoms with van der Waals surface area (Å²) in [6.45, 7) is 4.20. The number of rotatable bonds is 10. The van der Waals surface area contributed by atoms with E-state index in [9.17, 15) is 19.8 Å². The Kier molecular flexibility index (Phi) is 10.6. The number of methoxy groups -OCH3 is 1. The van der Waals surface area contributed by atoms with Crippen LogP contribution in [0.2, 0.25) is 0 Å². The number of hydrogen-bond acceptors (Lipinski definition) is 8. The predicted molar refractivity (Wildman–Crippen MR) is 165 cm³/mol. The molecule has 2 heterocycles. The third kappa shape index (κ3) is 8.02. The van der Waals surface area contributed by atoms with Crippen molar-refractivity contribution in [3.63, 3.8) is 0 Å². The number of amides is 2. The van der Waals surface area contributed by atoms with Crippen LogP contribution in [0.25, 0.3) is 0 Å². The molecule has 44 heavy (non-hydrogen) atoms. The van der Waals surface area contributed by atoms with Crippen molar-refractivity contribution < 1.29 is 34.0 Å². The summed E-state index contributed by atoms with van der Waals surface area (Å²) in [6.07, 6.45) is -0.310. The molecule has 6 atom stereocenters. The van der Waals surface area contributed by atoms with Crippen LogP contribution >= 0.6 is 0 Å². The molecule has 3 aromatic carbocycles. The Morgan fingerprint density at radius 1 is 0.977 bits per heavy atom. The number of hydrogen-bond donors (Lipinski definition) is 4. The summed E-state index contributed by atoms with van der Waals surface area (Å²) in [5.41, 5.74) is 4.06. The minimum Gasteiger partial charge on any atom is -0.467 e. The zero-order valence-electron chi connectivity index (χ0n) is 25.1. The number of anilines is 1. The van der Waals surface area contributed by atoms with E-state index in [0.717, 1.165) is 35.2 Å². The maximum atomic E-state index is 12.8. The van der Waals surface area contributed by atoms with E-state index in [1.54, 1.807) is 12.1 Å². The van der Waals surface area contributed by atoms with Crippen molar-refractivity contribution in [2.75, 3.05) is 32.1 Å². The predicted octanol–water partition coefficient (Wildman–Crippen LogP) is 3.94. The summed E-state index contributed by atoms with van der Waals surface area (Å²) < 4.78 is 17.9. The van der Waals surface area contributed by atoms with Gasteiger partial charge in [-0.2, -0.15) is 0 Å². The molecular weight excluding hydrogens is 562 g/mol. The maximum Gasteiger partial charge on any atom is 0.328 e. The van der Waals surface area contributed by atoms with E-state index in [1.807, 2.05) is 66.7 Å². The van der Waals surface area contributed by atoms with Crippen LogP contribution in [-0.4, -0.2) is 72.1 Å². The van der Waals surface area contributed by atoms with Gasteiger partial charge in [0, 0.05) is 43.2 Å². The third-order valence-electron chi connectivity index (χ3n) is 8.32. The highest BCUT2D eigenvalue weighted by molar-refractivity contribution is 5.92. The fraction of sp³-hybridized carbons (Fsp3) is 0.412. The number of nitrogens with one attached hydrogen (secondary N) is 2. The lowest BCUT2D eigenvalue weighted by atomic mass is 9.90. The minimum atomic E-state index is -0.843. The Morgan fingerprint density at radius 2 is 1.68 bits per heavy atom. The monoisotopic (exact) mass is 603 g/mol. The average Bonchev–Trinajstić information content (AvgIpc) is 3.46. The van der Waals surface area contributed by atoms with Gasteiger partial charge in [0.1, 0.15) is 6.04 Å². The second kappa shape index (κ2) is 14.8. The van der Waals surface area contributed by atoms with E-state index in [-0.39, 0.29) is 30.8 Å². The number of aliphatic hydroxyl groups is 2. The van der Waals surface area contributed by atoms with Gasteiger partial charge in [-0.05, 0) is 35.2 Å². The number of likely N-dealkylation sites (tertiary alicyclic amines) is 1. The van der Waals surface area contributed by atoms with Gasteiger partial charge in [-0.1, -0.05) is 73.7 Å². The largest absolute Gasteiger partial charge is 0.467 e. The van der Waals surface area contributed by atoms with E-state index >= 15 is 0 Å². The molecule has 2 aliphatic rings. The van der Waals surface area contributed by atoms with Crippen molar-refractivity contribution in [3.8, 4) is 0 Å². The first-order valence-electron chi connectivity index (χ1n) is 15.0. The standard InChI is InChI=1S/C34H41N3O7/c1-22-30(20-37-17-16-28(39)19-37)43-33(44-31(22)25-10-8-24(21-38)9-11-25)26-12-14-27(15-13-26)35-34(41)36-29(32(40)42-2)18-23-6-4-3-5-7-23/h3-15,22,28-31,33,38-39H,16-21H2,1-2H3,(H2,35,36,41). The molecule has 0 radical (unpaired) electrons. The fourth-order valence-electron chi connectivity index (χ4n) is 5.79. The summed E-state index contributed by atoms with van der Waals surface area (Å²) in [5.74, 6) is -0.494. The molecule has 10 nitrogen and oxygen atoms in total. The van der Waals surface area contributed by atoms with Crippen molar-refractivity contribution in [2.24, 2.45) is 5.92 Å². The summed E-state index contributed by atoms with van der Waals surface area (Å²) >= 11 is 0. The molecule has 2 aliphatic heterocycles. The number of aliphatic hydroxyl groups excluding tert-OH is 2. The summed E-state index contributed by atoms with van der Waals surface area (Å²) in [5, 5.41) is 25.1. The van der Waals surface area contributed by atoms with Gasteiger partial charge in [0.2, 0.25) is 0 Å². The van der Waals surface area contributed by atoms with Crippen molar-refractivity contribution in [1.82, 2.24) is 10.2 Å². The molecule has 2 saturated heterocycles. The number of β-amino-alcohol motifs (C(OH)–C–C–N with tert-alkyl or cyclic N) is 1. The Labute approximate surface area is 257 Å². The zero-order valence-corrected chi connectivity index (χ0v) is 25.1. The molecule has 0 aromatic heterocycles. The Bertz CT molecular complexity index is 1370. The number of benzene rings is 3. The van der Waals surface area contributed by atoms with E-state index in [0.29, 0.717) is 25.2 Å². The van der Waals surface area contributed by atoms with Gasteiger partial charge in [0.25, 0.3) is 0 Å². The maximum absolute atomic E-state index is 12.8. The normalized spacial score (nSPS) is 24.4. The van der Waals surface area contributed by atoms with Crippen LogP contribution in [0.4, 0.5) is 10.5 Å². The van der Waals surface area contributed by atoms with E-state index < -0.39 is 24.3 Å². The molecule has 4 N–H and O–H groups in total. The van der Waals surface area contributed by atoms with Gasteiger partial charge in [-0.25, -0.2) is 9.59 Å². The molecule has 10 heteroatoms. The molecule has 2 fully saturated rings. The van der Waals surface area contributed by atoms with Gasteiger partial charge < -0.3 is 35.1 Å². The lowest BCUT2D eigenvalue weighted by Crippen LogP contribution is -2.45. The molecule has 234 valence electrons. The Balaban J connectivity index is 1.27. The first-order valence-corrected chi connectivity index (χ1v) is 15.0. The van der Waals surface area contributed by atoms with E-state index in [4.69, 9.17) is 14.2 Å². The first kappa shape index (κ1) is 31.6. The highest BCUT2D eigenvalue weighted by Gasteiger charge is 2.40. The topological polar surface area (TPSA) is 130 Å². The molecule has 0 bridgehead atoms. The van der Waals surface area contributed by atoms with Gasteiger partial charge in [-0.3, -0.25) is 4.90 Å². The average molecular weight is 604 g/mol. The number of urea groups is 1. The lowest BCUT2D eigenvalue weighted by molar-refractivity contribution is -0.276. The molecule has 2 amide bonds. The molecule has 0 saturated carbocycles. The third-order valence-corrected chi connectivity index (χ3v) is 8.32. The first-order chi connectivity index (χ1) is 21.3. The van der Waals surface area contributed by atoms with Gasteiger partial charge in [0.15, 0.2) is 6.29 Å². The minimum absolute atomic E-state index is 0.0260. The summed E-state index contributed by atoms with van der Waals surface area (Å²) in [7, 11) is 1.29. The smallest absolute Gasteiger partial charge is 0.328 e. The van der Waals surface area contributed by atoms with Crippen LogP contribution < -0.4 is 10.6 Å². The van der Waals surface area contributed by atoms with Crippen LogP contribution in [-0.2, 0) is 32.0 Å². The van der Waals surface area contributed by atoms with Gasteiger partial charge in [0.05, 0.1) is 32.0 Å². The number of esters is 1. The molecule has 0 spiro atoms. The fourth-order valence-corrected chi connectivity index (χ4v) is 5.79. The molecule has 5 rings (SSSR count). The Morgan fingerprint density at radius 3 is 2.32 bits per heavy atom. The number of nitrogens with zero attached hydrogens (tertiary/aromatic N) is 1. The molecule has 3 aromatic rings. The number of carbonyl (C=O) groups excluding carboxylic acids is 2. The highest BCUT2D eigenvalue weighted by atomic mass is 16.7. The zero-order chi connectivity index (χ0) is 31.1. The molecular formula is C34H41N3O7. The number of ether oxygens (including phenoxy) is 3. The second-order valence-electron chi connectivity index (χ2n) is 11.5. The van der Waals surface area contributed by atoms with E-state index in [2.05, 4.69) is 22.5 Å². The van der Waals surface area contributed by atoms with Crippen LogP contribution in [0.1, 0.15) is 48.0 Å². The number of carbonyl (C=O) groups is 2. The van der Waals surface area contributed by atoms with E-state index in [1.165, 1.54) is 7.11 Å². The van der Waals surface area contributed by atoms with Crippen molar-refractivity contribution >= 4 is 17.7 Å². The Hall–Kier alpha value is -3.80. The lowest BCUT2D eigenvalue weighted by Gasteiger charge is -2.42. The quantitative estimate of drug-likeness (QED) is 0.257. The van der Waals surface area contributed by atoms with Crippen molar-refractivity contribution in [1.29, 1.82) is 0 Å². The summed E-state index contributed by atoms with van der Waals surface area (Å²) in [4.78, 5) is 27.4. The van der Waals surface area contributed by atoms with Gasteiger partial charge >= 0.3 is 12.0 Å². The SMILES string of the molecule is COC(=O)C(Cc1ccccc1)NC(=O)Nc1ccc(C2OC(CN3CCC(O)C3)C(C)C(c3ccc(CO)cc3)O2)cc1. The second-order valence-corrected chi connectivity index (χ2v) is 11.5. The van der Waals surface area contributed by atoms with Crippen LogP contribution in [0.5, 0.6) is 0 Å². The van der Waals surface area contributed by atoms with Crippen LogP contribution in [0.3, 0.4) is 0 Å². The van der Waals surface area contributed by atoms with Crippen molar-refractivity contribution in [2.45, 2.75) is 57.0 Å². The van der Waals surface area contributed by atoms with Gasteiger partial charge in [-0.15, -0.1) is 0 Å². The molecule has 0 aliphatic carbocycles. The summed E-state index contributed by atoms with van der Waals surface area (Å²) in [6, 6.07) is 23.0. The van der Waals surface area contributed by atoms with Crippen LogP contribution in [0, 0.1) is 5.92 Å². The van der Waals surface area contributed by atoms with Crippen LogP contribution in [0.15, 0.2) is 78.9 Å². The highest BCUT2D eigenvalue weighted by Crippen LogP contribution is 2.42. The van der Waals surface area contributed by atoms with Crippen molar-refractivity contribution in [3.05, 3.63) is 101 Å². The molecule has 6 unspecified atom stereocenters.